The van der Waals surface area contributed by atoms with Gasteiger partial charge in [-0.25, -0.2) is 4.79 Å². The van der Waals surface area contributed by atoms with Crippen molar-refractivity contribution >= 4 is 19.1 Å². The van der Waals surface area contributed by atoms with Gasteiger partial charge in [0.2, 0.25) is 0 Å². The first-order chi connectivity index (χ1) is 10.5. The average molecular weight is 354 g/mol. The predicted octanol–water partition coefficient (Wildman–Crippen LogP) is -4.00. The van der Waals surface area contributed by atoms with Crippen LogP contribution in [0.5, 0.6) is 0 Å². The zero-order valence-electron chi connectivity index (χ0n) is 11.3. The molecule has 0 aliphatic carbocycles. The first-order valence-electron chi connectivity index (χ1n) is 6.16. The summed E-state index contributed by atoms with van der Waals surface area (Å²) in [5.74, 6) is -2.71. The van der Waals surface area contributed by atoms with Gasteiger partial charge in [0.15, 0.2) is 12.1 Å². The summed E-state index contributed by atoms with van der Waals surface area (Å²) in [5, 5.41) is 31.3. The minimum absolute atomic E-state index is 0.332. The van der Waals surface area contributed by atoms with E-state index in [1.165, 1.54) is 0 Å². The second-order valence-corrected chi connectivity index (χ2v) is 6.55. The number of anilines is 2. The Kier molecular flexibility index (Phi) is 4.64. The molecule has 5 atom stereocenters. The molecule has 0 saturated carbocycles. The van der Waals surface area contributed by atoms with Crippen molar-refractivity contribution in [3.05, 3.63) is 20.8 Å². The van der Waals surface area contributed by atoms with Crippen LogP contribution in [0, 0.1) is 0 Å². The third-order valence-corrected chi connectivity index (χ3v) is 4.19. The fourth-order valence-corrected chi connectivity index (χ4v) is 2.64. The van der Waals surface area contributed by atoms with E-state index in [0.29, 0.717) is 0 Å². The Morgan fingerprint density at radius 3 is 2.39 bits per heavy atom. The first-order valence-corrected chi connectivity index (χ1v) is 7.84. The topological polar surface area (TPSA) is 231 Å². The molecular weight excluding hydrogens is 339 g/mol. The van der Waals surface area contributed by atoms with E-state index in [9.17, 15) is 29.5 Å². The van der Waals surface area contributed by atoms with Gasteiger partial charge in [-0.2, -0.15) is 0 Å². The molecule has 2 rings (SSSR count). The van der Waals surface area contributed by atoms with Crippen LogP contribution in [-0.4, -0.2) is 65.5 Å². The van der Waals surface area contributed by atoms with Crippen molar-refractivity contribution in [1.29, 1.82) is 0 Å². The number of nitrogens with one attached hydrogen (secondary N) is 3. The van der Waals surface area contributed by atoms with E-state index in [1.807, 2.05) is 4.98 Å². The van der Waals surface area contributed by atoms with Crippen LogP contribution in [0.3, 0.4) is 0 Å². The van der Waals surface area contributed by atoms with E-state index < -0.39 is 54.9 Å². The van der Waals surface area contributed by atoms with Gasteiger partial charge < -0.3 is 40.9 Å². The molecule has 1 aliphatic heterocycles. The maximum Gasteiger partial charge on any atom is 0.356 e. The molecule has 1 aromatic rings. The van der Waals surface area contributed by atoms with E-state index in [1.54, 1.807) is 0 Å². The highest BCUT2D eigenvalue weighted by atomic mass is 31.2. The van der Waals surface area contributed by atoms with E-state index in [-0.39, 0.29) is 5.82 Å². The second-order valence-electron chi connectivity index (χ2n) is 4.85. The lowest BCUT2D eigenvalue weighted by atomic mass is 10.1. The van der Waals surface area contributed by atoms with Crippen molar-refractivity contribution in [2.45, 2.75) is 30.4 Å². The molecule has 14 heteroatoms. The zero-order valence-corrected chi connectivity index (χ0v) is 12.2. The zero-order chi connectivity index (χ0) is 17.5. The maximum atomic E-state index is 11.3. The monoisotopic (exact) mass is 354 g/mol. The summed E-state index contributed by atoms with van der Waals surface area (Å²) in [4.78, 5) is 44.3. The number of rotatable bonds is 4. The number of nitrogens with two attached hydrogens (primary N) is 1. The number of aliphatic hydroxyl groups excluding tert-OH is 3. The molecule has 0 bridgehead atoms. The highest BCUT2D eigenvalue weighted by Crippen LogP contribution is 2.44. The summed E-state index contributed by atoms with van der Waals surface area (Å²) in [6, 6.07) is 0. The molecule has 0 amide bonds. The van der Waals surface area contributed by atoms with Crippen LogP contribution in [0.2, 0.25) is 0 Å². The molecule has 0 aromatic carbocycles. The van der Waals surface area contributed by atoms with Crippen molar-refractivity contribution in [1.82, 2.24) is 9.97 Å². The standard InChI is InChI=1S/C9H15N4O9P/c10-1-5(12-9(18)13-6(1)16)11-7-3(15)2(14)4(22-7)8(17)23(19,20)21/h2-4,7-8,14-15,17H,10H2,(H2,19,20,21)(H3,11,12,13,16,18)/t2-,3+,4-,7?,8?/m0/s1. The predicted molar refractivity (Wildman–Crippen MR) is 74.4 cm³/mol. The normalized spacial score (nSPS) is 29.4. The molecule has 0 radical (unpaired) electrons. The van der Waals surface area contributed by atoms with Crippen LogP contribution in [0.25, 0.3) is 0 Å². The van der Waals surface area contributed by atoms with Crippen LogP contribution in [0.15, 0.2) is 9.59 Å². The fraction of sp³-hybridized carbons (Fsp3) is 0.556. The van der Waals surface area contributed by atoms with Crippen LogP contribution < -0.4 is 22.3 Å². The largest absolute Gasteiger partial charge is 0.391 e. The van der Waals surface area contributed by atoms with Gasteiger partial charge >= 0.3 is 13.3 Å². The molecule has 13 nitrogen and oxygen atoms in total. The molecule has 0 spiro atoms. The van der Waals surface area contributed by atoms with Gasteiger partial charge in [0.05, 0.1) is 0 Å². The molecule has 23 heavy (non-hydrogen) atoms. The van der Waals surface area contributed by atoms with Gasteiger partial charge in [0, 0.05) is 0 Å². The minimum atomic E-state index is -5.01. The number of H-pyrrole nitrogens is 2. The summed E-state index contributed by atoms with van der Waals surface area (Å²) in [7, 11) is -5.01. The van der Waals surface area contributed by atoms with Crippen molar-refractivity contribution in [3.8, 4) is 0 Å². The lowest BCUT2D eigenvalue weighted by molar-refractivity contribution is -0.0386. The number of aromatic amines is 2. The number of nitrogen functional groups attached to an aromatic ring is 1. The van der Waals surface area contributed by atoms with Crippen molar-refractivity contribution in [2.24, 2.45) is 0 Å². The van der Waals surface area contributed by atoms with E-state index in [4.69, 9.17) is 20.3 Å². The van der Waals surface area contributed by atoms with Crippen LogP contribution >= 0.6 is 7.60 Å². The van der Waals surface area contributed by atoms with Gasteiger partial charge in [0.1, 0.15) is 29.8 Å². The molecule has 2 unspecified atom stereocenters. The van der Waals surface area contributed by atoms with E-state index >= 15 is 0 Å². The van der Waals surface area contributed by atoms with Crippen LogP contribution in [-0.2, 0) is 9.30 Å². The molecule has 1 aliphatic rings. The highest BCUT2D eigenvalue weighted by Gasteiger charge is 2.51. The Hall–Kier alpha value is -1.73. The Morgan fingerprint density at radius 1 is 1.22 bits per heavy atom. The third-order valence-electron chi connectivity index (χ3n) is 3.21. The summed E-state index contributed by atoms with van der Waals surface area (Å²) in [6.07, 6.45) is -6.89. The second kappa shape index (κ2) is 6.05. The van der Waals surface area contributed by atoms with Crippen molar-refractivity contribution in [3.63, 3.8) is 0 Å². The number of hydrogen-bond donors (Lipinski definition) is 9. The van der Waals surface area contributed by atoms with Crippen LogP contribution in [0.4, 0.5) is 11.5 Å². The lowest BCUT2D eigenvalue weighted by Crippen LogP contribution is -2.39. The molecule has 1 aromatic heterocycles. The van der Waals surface area contributed by atoms with Crippen molar-refractivity contribution < 1.29 is 34.4 Å². The summed E-state index contributed by atoms with van der Waals surface area (Å²) >= 11 is 0. The Bertz CT molecular complexity index is 741. The first kappa shape index (κ1) is 17.6. The molecule has 10 N–H and O–H groups in total. The summed E-state index contributed by atoms with van der Waals surface area (Å²) in [6.45, 7) is 0. The molecule has 1 saturated heterocycles. The van der Waals surface area contributed by atoms with Gasteiger partial charge in [-0.05, 0) is 0 Å². The number of ether oxygens (including phenoxy) is 1. The van der Waals surface area contributed by atoms with Gasteiger partial charge in [-0.1, -0.05) is 0 Å². The third kappa shape index (κ3) is 3.45. The van der Waals surface area contributed by atoms with Crippen molar-refractivity contribution in [2.75, 3.05) is 11.1 Å². The SMILES string of the molecule is Nc1c(NC2O[C@H](C(O)P(=O)(O)O)[C@@H](O)[C@H]2O)[nH]c(=O)[nH]c1=O. The Balaban J connectivity index is 2.24. The number of hydrogen-bond acceptors (Lipinski definition) is 9. The molecular formula is C9H15N4O9P. The lowest BCUT2D eigenvalue weighted by Gasteiger charge is -2.21. The van der Waals surface area contributed by atoms with E-state index in [0.717, 1.165) is 0 Å². The van der Waals surface area contributed by atoms with Gasteiger partial charge in [-0.15, -0.1) is 0 Å². The Labute approximate surface area is 126 Å². The summed E-state index contributed by atoms with van der Waals surface area (Å²) in [5.41, 5.74) is 3.14. The van der Waals surface area contributed by atoms with Gasteiger partial charge in [-0.3, -0.25) is 19.3 Å². The molecule has 130 valence electrons. The minimum Gasteiger partial charge on any atom is -0.391 e. The quantitative estimate of drug-likeness (QED) is 0.236. The van der Waals surface area contributed by atoms with E-state index in [2.05, 4.69) is 10.3 Å². The Morgan fingerprint density at radius 2 is 1.83 bits per heavy atom. The smallest absolute Gasteiger partial charge is 0.356 e. The molecule has 2 heterocycles. The number of aromatic nitrogens is 2. The maximum absolute atomic E-state index is 11.3. The highest BCUT2D eigenvalue weighted by molar-refractivity contribution is 7.52. The van der Waals surface area contributed by atoms with Crippen LogP contribution in [0.1, 0.15) is 0 Å². The average Bonchev–Trinajstić information content (AvgIpc) is 2.70. The fourth-order valence-electron chi connectivity index (χ4n) is 2.01. The van der Waals surface area contributed by atoms with Gasteiger partial charge in [0.25, 0.3) is 5.56 Å². The summed E-state index contributed by atoms with van der Waals surface area (Å²) < 4.78 is 16.0. The number of aliphatic hydroxyl groups is 3. The molecule has 1 fully saturated rings.